The second-order valence-corrected chi connectivity index (χ2v) is 4.66. The van der Waals surface area contributed by atoms with Crippen LogP contribution in [-0.2, 0) is 0 Å². The van der Waals surface area contributed by atoms with Crippen molar-refractivity contribution in [3.63, 3.8) is 0 Å². The second-order valence-electron chi connectivity index (χ2n) is 4.66. The summed E-state index contributed by atoms with van der Waals surface area (Å²) in [6, 6.07) is 15.7. The molecule has 3 rings (SSSR count). The zero-order valence-electron chi connectivity index (χ0n) is 11.4. The molecule has 0 fully saturated rings. The van der Waals surface area contributed by atoms with E-state index in [0.717, 1.165) is 11.4 Å². The molecule has 1 aromatic heterocycles. The van der Waals surface area contributed by atoms with E-state index in [0.29, 0.717) is 5.82 Å². The van der Waals surface area contributed by atoms with Gasteiger partial charge in [-0.1, -0.05) is 18.2 Å². The van der Waals surface area contributed by atoms with Crippen LogP contribution in [0.5, 0.6) is 0 Å². The Bertz CT molecular complexity index is 708. The molecule has 0 aliphatic carbocycles. The average Bonchev–Trinajstić information content (AvgIpc) is 3.00. The summed E-state index contributed by atoms with van der Waals surface area (Å²) in [6.07, 6.45) is 0. The van der Waals surface area contributed by atoms with Gasteiger partial charge in [0, 0.05) is 5.69 Å². The van der Waals surface area contributed by atoms with E-state index in [-0.39, 0.29) is 11.9 Å². The first-order valence-corrected chi connectivity index (χ1v) is 6.60. The molecule has 21 heavy (non-hydrogen) atoms. The molecule has 0 bridgehead atoms. The van der Waals surface area contributed by atoms with Gasteiger partial charge >= 0.3 is 0 Å². The first-order valence-electron chi connectivity index (χ1n) is 6.60. The van der Waals surface area contributed by atoms with Gasteiger partial charge in [0.05, 0.1) is 11.7 Å². The molecule has 0 saturated carbocycles. The highest BCUT2D eigenvalue weighted by atomic mass is 19.1. The summed E-state index contributed by atoms with van der Waals surface area (Å²) in [5.74, 6) is 0.424. The molecule has 6 heteroatoms. The average molecular weight is 283 g/mol. The fraction of sp³-hybridized carbons (Fsp3) is 0.133. The van der Waals surface area contributed by atoms with Crippen molar-refractivity contribution in [2.75, 3.05) is 5.32 Å². The summed E-state index contributed by atoms with van der Waals surface area (Å²) < 4.78 is 14.6. The van der Waals surface area contributed by atoms with Gasteiger partial charge in [-0.05, 0) is 53.7 Å². The quantitative estimate of drug-likeness (QED) is 0.799. The SMILES string of the molecule is C[C@@H](Nc1ccc(F)cc1)c1nnnn1-c1ccccc1. The molecular weight excluding hydrogens is 269 g/mol. The number of rotatable bonds is 4. The Balaban J connectivity index is 1.84. The number of benzene rings is 2. The van der Waals surface area contributed by atoms with E-state index in [9.17, 15) is 4.39 Å². The third kappa shape index (κ3) is 2.89. The summed E-state index contributed by atoms with van der Waals surface area (Å²) in [4.78, 5) is 0. The third-order valence-corrected chi connectivity index (χ3v) is 3.11. The van der Waals surface area contributed by atoms with Gasteiger partial charge in [0.1, 0.15) is 5.82 Å². The lowest BCUT2D eigenvalue weighted by atomic mass is 10.2. The molecule has 5 nitrogen and oxygen atoms in total. The zero-order chi connectivity index (χ0) is 14.7. The minimum Gasteiger partial charge on any atom is -0.375 e. The van der Waals surface area contributed by atoms with E-state index >= 15 is 0 Å². The molecule has 2 aromatic carbocycles. The number of nitrogens with zero attached hydrogens (tertiary/aromatic N) is 4. The maximum atomic E-state index is 12.9. The largest absolute Gasteiger partial charge is 0.375 e. The highest BCUT2D eigenvalue weighted by molar-refractivity contribution is 5.44. The van der Waals surface area contributed by atoms with Gasteiger partial charge in [0.15, 0.2) is 5.82 Å². The van der Waals surface area contributed by atoms with E-state index in [2.05, 4.69) is 20.8 Å². The molecule has 1 atom stereocenters. The highest BCUT2D eigenvalue weighted by Crippen LogP contribution is 2.19. The summed E-state index contributed by atoms with van der Waals surface area (Å²) in [5, 5.41) is 15.1. The predicted octanol–water partition coefficient (Wildman–Crippen LogP) is 2.97. The third-order valence-electron chi connectivity index (χ3n) is 3.11. The van der Waals surface area contributed by atoms with Gasteiger partial charge in [-0.2, -0.15) is 4.68 Å². The van der Waals surface area contributed by atoms with Gasteiger partial charge in [0.2, 0.25) is 0 Å². The van der Waals surface area contributed by atoms with Gasteiger partial charge in [0.25, 0.3) is 0 Å². The lowest BCUT2D eigenvalue weighted by Crippen LogP contribution is -2.13. The van der Waals surface area contributed by atoms with Crippen LogP contribution in [0.1, 0.15) is 18.8 Å². The number of tetrazole rings is 1. The van der Waals surface area contributed by atoms with E-state index in [4.69, 9.17) is 0 Å². The Morgan fingerprint density at radius 1 is 1.05 bits per heavy atom. The maximum Gasteiger partial charge on any atom is 0.178 e. The molecule has 1 heterocycles. The number of para-hydroxylation sites is 1. The van der Waals surface area contributed by atoms with Crippen molar-refractivity contribution in [2.45, 2.75) is 13.0 Å². The molecule has 0 aliphatic rings. The summed E-state index contributed by atoms with van der Waals surface area (Å²) >= 11 is 0. The van der Waals surface area contributed by atoms with Crippen LogP contribution >= 0.6 is 0 Å². The fourth-order valence-electron chi connectivity index (χ4n) is 2.08. The minimum absolute atomic E-state index is 0.120. The fourth-order valence-corrected chi connectivity index (χ4v) is 2.08. The second kappa shape index (κ2) is 5.70. The van der Waals surface area contributed by atoms with Crippen LogP contribution in [0.2, 0.25) is 0 Å². The standard InChI is InChI=1S/C15H14FN5/c1-11(17-13-9-7-12(16)8-10-13)15-18-19-20-21(15)14-5-3-2-4-6-14/h2-11,17H,1H3/t11-/m1/s1. The monoisotopic (exact) mass is 283 g/mol. The van der Waals surface area contributed by atoms with Crippen molar-refractivity contribution in [3.8, 4) is 5.69 Å². The Hall–Kier alpha value is -2.76. The number of anilines is 1. The van der Waals surface area contributed by atoms with Crippen LogP contribution in [0.25, 0.3) is 5.69 Å². The molecule has 0 saturated heterocycles. The van der Waals surface area contributed by atoms with Crippen LogP contribution in [0.15, 0.2) is 54.6 Å². The first-order chi connectivity index (χ1) is 10.2. The molecule has 106 valence electrons. The van der Waals surface area contributed by atoms with Gasteiger partial charge in [-0.3, -0.25) is 0 Å². The van der Waals surface area contributed by atoms with E-state index in [1.165, 1.54) is 12.1 Å². The highest BCUT2D eigenvalue weighted by Gasteiger charge is 2.15. The molecule has 0 spiro atoms. The van der Waals surface area contributed by atoms with Crippen molar-refractivity contribution >= 4 is 5.69 Å². The van der Waals surface area contributed by atoms with Crippen LogP contribution in [0.4, 0.5) is 10.1 Å². The number of halogens is 1. The Labute approximate surface area is 121 Å². The molecule has 0 radical (unpaired) electrons. The van der Waals surface area contributed by atoms with Crippen LogP contribution < -0.4 is 5.32 Å². The van der Waals surface area contributed by atoms with Crippen molar-refractivity contribution in [2.24, 2.45) is 0 Å². The Morgan fingerprint density at radius 2 is 1.76 bits per heavy atom. The number of aromatic nitrogens is 4. The number of hydrogen-bond donors (Lipinski definition) is 1. The Morgan fingerprint density at radius 3 is 2.48 bits per heavy atom. The van der Waals surface area contributed by atoms with Crippen LogP contribution in [0, 0.1) is 5.82 Å². The topological polar surface area (TPSA) is 55.6 Å². The summed E-state index contributed by atoms with van der Waals surface area (Å²) in [5.41, 5.74) is 1.71. The van der Waals surface area contributed by atoms with Crippen molar-refractivity contribution < 1.29 is 4.39 Å². The minimum atomic E-state index is -0.262. The zero-order valence-corrected chi connectivity index (χ0v) is 11.4. The summed E-state index contributed by atoms with van der Waals surface area (Å²) in [7, 11) is 0. The van der Waals surface area contributed by atoms with Crippen LogP contribution in [0.3, 0.4) is 0 Å². The van der Waals surface area contributed by atoms with Gasteiger partial charge in [-0.15, -0.1) is 5.10 Å². The Kier molecular flexibility index (Phi) is 3.59. The van der Waals surface area contributed by atoms with Crippen molar-refractivity contribution in [1.82, 2.24) is 20.2 Å². The molecule has 3 aromatic rings. The van der Waals surface area contributed by atoms with Crippen LogP contribution in [-0.4, -0.2) is 20.2 Å². The molecular formula is C15H14FN5. The summed E-state index contributed by atoms with van der Waals surface area (Å²) in [6.45, 7) is 1.95. The smallest absolute Gasteiger partial charge is 0.178 e. The lowest BCUT2D eigenvalue weighted by Gasteiger charge is -2.14. The van der Waals surface area contributed by atoms with Gasteiger partial charge < -0.3 is 5.32 Å². The maximum absolute atomic E-state index is 12.9. The lowest BCUT2D eigenvalue weighted by molar-refractivity contribution is 0.627. The van der Waals surface area contributed by atoms with E-state index in [1.54, 1.807) is 16.8 Å². The van der Waals surface area contributed by atoms with Gasteiger partial charge in [-0.25, -0.2) is 4.39 Å². The normalized spacial score (nSPS) is 12.1. The number of nitrogens with one attached hydrogen (secondary N) is 1. The molecule has 1 N–H and O–H groups in total. The van der Waals surface area contributed by atoms with E-state index < -0.39 is 0 Å². The first kappa shape index (κ1) is 13.2. The number of hydrogen-bond acceptors (Lipinski definition) is 4. The molecule has 0 aliphatic heterocycles. The molecule has 0 unspecified atom stereocenters. The predicted molar refractivity (Wildman–Crippen MR) is 77.6 cm³/mol. The van der Waals surface area contributed by atoms with Crippen molar-refractivity contribution in [3.05, 3.63) is 66.2 Å². The molecule has 0 amide bonds. The van der Waals surface area contributed by atoms with E-state index in [1.807, 2.05) is 37.3 Å². The van der Waals surface area contributed by atoms with Crippen molar-refractivity contribution in [1.29, 1.82) is 0 Å².